The van der Waals surface area contributed by atoms with E-state index in [1.165, 1.54) is 0 Å². The molecule has 0 saturated carbocycles. The third kappa shape index (κ3) is 4.65. The van der Waals surface area contributed by atoms with Crippen LogP contribution >= 0.6 is 0 Å². The monoisotopic (exact) mass is 506 g/mol. The highest BCUT2D eigenvalue weighted by atomic mass is 16.5. The first-order valence-electron chi connectivity index (χ1n) is 13.2. The van der Waals surface area contributed by atoms with Crippen LogP contribution in [0.1, 0.15) is 25.6 Å². The number of amides is 2. The zero-order valence-electron chi connectivity index (χ0n) is 21.4. The van der Waals surface area contributed by atoms with Crippen molar-refractivity contribution in [3.8, 4) is 11.3 Å². The van der Waals surface area contributed by atoms with Gasteiger partial charge >= 0.3 is 6.03 Å². The van der Waals surface area contributed by atoms with Crippen molar-refractivity contribution in [2.75, 3.05) is 36.4 Å². The minimum Gasteiger partial charge on any atom is -0.354 e. The maximum absolute atomic E-state index is 13.3. The Bertz CT molecular complexity index is 1580. The van der Waals surface area contributed by atoms with E-state index in [9.17, 15) is 4.79 Å². The Balaban J connectivity index is 1.27. The molecule has 6 rings (SSSR count). The zero-order chi connectivity index (χ0) is 25.9. The third-order valence-electron chi connectivity index (χ3n) is 7.00. The van der Waals surface area contributed by atoms with Gasteiger partial charge in [0.15, 0.2) is 0 Å². The lowest BCUT2D eigenvalue weighted by atomic mass is 10.1. The van der Waals surface area contributed by atoms with Gasteiger partial charge in [-0.2, -0.15) is 4.98 Å². The minimum atomic E-state index is -0.0855. The average molecular weight is 507 g/mol. The highest BCUT2D eigenvalue weighted by Crippen LogP contribution is 2.34. The van der Waals surface area contributed by atoms with E-state index in [0.717, 1.165) is 70.6 Å². The zero-order valence-corrected chi connectivity index (χ0v) is 21.4. The molecule has 2 aromatic heterocycles. The number of fused-ring (bicyclic) bond motifs is 2. The van der Waals surface area contributed by atoms with E-state index in [1.807, 2.05) is 65.6 Å². The molecule has 1 fully saturated rings. The molecule has 0 unspecified atom stereocenters. The molecular weight excluding hydrogens is 476 g/mol. The predicted octanol–water partition coefficient (Wildman–Crippen LogP) is 6.13. The number of aryl methyl sites for hydroxylation is 1. The second-order valence-electron chi connectivity index (χ2n) is 9.58. The summed E-state index contributed by atoms with van der Waals surface area (Å²) in [6.07, 6.45) is 2.52. The summed E-state index contributed by atoms with van der Waals surface area (Å²) in [7, 11) is 0. The van der Waals surface area contributed by atoms with Crippen LogP contribution < -0.4 is 10.2 Å². The number of hydrogen-bond donors (Lipinski definition) is 1. The predicted molar refractivity (Wildman–Crippen MR) is 150 cm³/mol. The standard InChI is InChI=1S/C30H30N6O2/c1-2-10-25-32-28(26-27(34-38-29(26)33-25)22-12-4-3-5-13-22)35-17-9-18-36(20-19-35)30(37)31-24-16-8-14-21-11-6-7-15-23(21)24/h3-8,11-16H,2,9-10,17-20H2,1H3,(H,31,37). The molecule has 0 atom stereocenters. The number of rotatable bonds is 5. The van der Waals surface area contributed by atoms with Gasteiger partial charge in [-0.25, -0.2) is 9.78 Å². The first-order chi connectivity index (χ1) is 18.7. The molecule has 0 radical (unpaired) electrons. The SMILES string of the molecule is CCCc1nc(N2CCCN(C(=O)Nc3cccc4ccccc34)CC2)c2c(-c3ccccc3)noc2n1. The second kappa shape index (κ2) is 10.5. The van der Waals surface area contributed by atoms with E-state index in [0.29, 0.717) is 25.3 Å². The van der Waals surface area contributed by atoms with Gasteiger partial charge in [0.25, 0.3) is 5.71 Å². The van der Waals surface area contributed by atoms with Crippen LogP contribution in [-0.2, 0) is 6.42 Å². The summed E-state index contributed by atoms with van der Waals surface area (Å²) in [5.74, 6) is 1.58. The Kier molecular flexibility index (Phi) is 6.60. The lowest BCUT2D eigenvalue weighted by molar-refractivity contribution is 0.215. The number of aromatic nitrogens is 3. The number of urea groups is 1. The molecule has 1 saturated heterocycles. The van der Waals surface area contributed by atoms with Crippen LogP contribution in [0.2, 0.25) is 0 Å². The van der Waals surface area contributed by atoms with Crippen molar-refractivity contribution in [1.29, 1.82) is 0 Å². The Hall–Kier alpha value is -4.46. The normalized spacial score (nSPS) is 14.1. The molecule has 1 aliphatic rings. The number of benzene rings is 3. The molecule has 1 N–H and O–H groups in total. The molecule has 1 aliphatic heterocycles. The van der Waals surface area contributed by atoms with E-state index in [2.05, 4.69) is 39.4 Å². The Morgan fingerprint density at radius 1 is 0.921 bits per heavy atom. The first-order valence-corrected chi connectivity index (χ1v) is 13.2. The van der Waals surface area contributed by atoms with E-state index in [-0.39, 0.29) is 6.03 Å². The Morgan fingerprint density at radius 3 is 2.61 bits per heavy atom. The van der Waals surface area contributed by atoms with Gasteiger partial charge in [0, 0.05) is 43.5 Å². The van der Waals surface area contributed by atoms with Crippen LogP contribution in [0.15, 0.2) is 77.3 Å². The van der Waals surface area contributed by atoms with Gasteiger partial charge in [0.1, 0.15) is 22.7 Å². The number of nitrogens with one attached hydrogen (secondary N) is 1. The summed E-state index contributed by atoms with van der Waals surface area (Å²) in [6, 6.07) is 24.0. The molecule has 0 aliphatic carbocycles. The molecule has 5 aromatic rings. The molecule has 192 valence electrons. The first kappa shape index (κ1) is 23.9. The maximum Gasteiger partial charge on any atom is 0.321 e. The second-order valence-corrected chi connectivity index (χ2v) is 9.58. The van der Waals surface area contributed by atoms with E-state index in [1.54, 1.807) is 0 Å². The van der Waals surface area contributed by atoms with E-state index in [4.69, 9.17) is 9.51 Å². The fraction of sp³-hybridized carbons (Fsp3) is 0.267. The van der Waals surface area contributed by atoms with Gasteiger partial charge in [-0.15, -0.1) is 0 Å². The van der Waals surface area contributed by atoms with Crippen molar-refractivity contribution >= 4 is 39.4 Å². The largest absolute Gasteiger partial charge is 0.354 e. The topological polar surface area (TPSA) is 87.4 Å². The molecule has 3 heterocycles. The van der Waals surface area contributed by atoms with Crippen molar-refractivity contribution in [1.82, 2.24) is 20.0 Å². The van der Waals surface area contributed by atoms with Crippen LogP contribution in [0.4, 0.5) is 16.3 Å². The summed E-state index contributed by atoms with van der Waals surface area (Å²) >= 11 is 0. The van der Waals surface area contributed by atoms with Crippen LogP contribution in [-0.4, -0.2) is 52.2 Å². The van der Waals surface area contributed by atoms with Crippen molar-refractivity contribution < 1.29 is 9.32 Å². The lowest BCUT2D eigenvalue weighted by Crippen LogP contribution is -2.38. The number of carbonyl (C=O) groups excluding carboxylic acids is 1. The van der Waals surface area contributed by atoms with Gasteiger partial charge < -0.3 is 19.6 Å². The maximum atomic E-state index is 13.3. The van der Waals surface area contributed by atoms with Crippen LogP contribution in [0.5, 0.6) is 0 Å². The Morgan fingerprint density at radius 2 is 1.74 bits per heavy atom. The van der Waals surface area contributed by atoms with Crippen molar-refractivity contribution in [3.05, 3.63) is 78.6 Å². The smallest absolute Gasteiger partial charge is 0.321 e. The summed E-state index contributed by atoms with van der Waals surface area (Å²) in [5.41, 5.74) is 3.04. The van der Waals surface area contributed by atoms with Crippen LogP contribution in [0.25, 0.3) is 33.1 Å². The number of anilines is 2. The number of carbonyl (C=O) groups is 1. The van der Waals surface area contributed by atoms with Gasteiger partial charge in [-0.1, -0.05) is 78.8 Å². The fourth-order valence-corrected chi connectivity index (χ4v) is 5.10. The van der Waals surface area contributed by atoms with Crippen molar-refractivity contribution in [2.24, 2.45) is 0 Å². The van der Waals surface area contributed by atoms with E-state index >= 15 is 0 Å². The van der Waals surface area contributed by atoms with Gasteiger partial charge in [0.2, 0.25) is 0 Å². The summed E-state index contributed by atoms with van der Waals surface area (Å²) in [4.78, 5) is 27.1. The summed E-state index contributed by atoms with van der Waals surface area (Å²) < 4.78 is 5.71. The number of nitrogens with zero attached hydrogens (tertiary/aromatic N) is 5. The van der Waals surface area contributed by atoms with Gasteiger partial charge in [-0.05, 0) is 24.3 Å². The molecule has 2 amide bonds. The van der Waals surface area contributed by atoms with Crippen molar-refractivity contribution in [3.63, 3.8) is 0 Å². The molecule has 8 heteroatoms. The molecule has 38 heavy (non-hydrogen) atoms. The molecule has 3 aromatic carbocycles. The number of hydrogen-bond acceptors (Lipinski definition) is 6. The summed E-state index contributed by atoms with van der Waals surface area (Å²) in [5, 5.41) is 10.5. The molecule has 8 nitrogen and oxygen atoms in total. The van der Waals surface area contributed by atoms with Crippen LogP contribution in [0.3, 0.4) is 0 Å². The highest BCUT2D eigenvalue weighted by molar-refractivity contribution is 6.02. The summed E-state index contributed by atoms with van der Waals surface area (Å²) in [6.45, 7) is 4.78. The molecular formula is C30H30N6O2. The van der Waals surface area contributed by atoms with E-state index < -0.39 is 0 Å². The quantitative estimate of drug-likeness (QED) is 0.308. The minimum absolute atomic E-state index is 0.0855. The average Bonchev–Trinajstić information content (AvgIpc) is 3.22. The fourth-order valence-electron chi connectivity index (χ4n) is 5.10. The van der Waals surface area contributed by atoms with Gasteiger partial charge in [0.05, 0.1) is 5.69 Å². The Labute approximate surface area is 221 Å². The van der Waals surface area contributed by atoms with Crippen LogP contribution in [0, 0.1) is 0 Å². The lowest BCUT2D eigenvalue weighted by Gasteiger charge is -2.24. The molecule has 0 spiro atoms. The molecule has 0 bridgehead atoms. The highest BCUT2D eigenvalue weighted by Gasteiger charge is 2.26. The van der Waals surface area contributed by atoms with Gasteiger partial charge in [-0.3, -0.25) is 0 Å². The van der Waals surface area contributed by atoms with Crippen molar-refractivity contribution in [2.45, 2.75) is 26.2 Å². The third-order valence-corrected chi connectivity index (χ3v) is 7.00.